The largest absolute Gasteiger partial charge is 0.396 e. The van der Waals surface area contributed by atoms with Crippen LogP contribution in [-0.4, -0.2) is 79.8 Å². The summed E-state index contributed by atoms with van der Waals surface area (Å²) in [4.78, 5) is 26.2. The van der Waals surface area contributed by atoms with Crippen LogP contribution in [0.1, 0.15) is 16.5 Å². The second-order valence-electron chi connectivity index (χ2n) is 8.61. The molecular weight excluding hydrogens is 390 g/mol. The van der Waals surface area contributed by atoms with Gasteiger partial charge < -0.3 is 19.3 Å². The van der Waals surface area contributed by atoms with Gasteiger partial charge in [0.2, 0.25) is 5.91 Å². The zero-order chi connectivity index (χ0) is 20.2. The lowest BCUT2D eigenvalue weighted by molar-refractivity contribution is -0.153. The molecule has 5 rings (SSSR count). The van der Waals surface area contributed by atoms with E-state index in [0.717, 1.165) is 36.2 Å². The first-order chi connectivity index (χ1) is 14.0. The number of fused-ring (bicyclic) bond motifs is 1. The number of aliphatic hydroxyl groups excluding tert-OH is 1. The van der Waals surface area contributed by atoms with Gasteiger partial charge in [-0.2, -0.15) is 0 Å². The smallest absolute Gasteiger partial charge is 0.228 e. The van der Waals surface area contributed by atoms with Crippen molar-refractivity contribution in [2.45, 2.75) is 31.6 Å². The van der Waals surface area contributed by atoms with Crippen LogP contribution in [0, 0.1) is 18.8 Å². The first-order valence-corrected chi connectivity index (χ1v) is 11.0. The second kappa shape index (κ2) is 7.16. The van der Waals surface area contributed by atoms with Crippen molar-refractivity contribution in [1.29, 1.82) is 0 Å². The molecule has 0 radical (unpaired) electrons. The lowest BCUT2D eigenvalue weighted by Crippen LogP contribution is -2.56. The topological polar surface area (TPSA) is 83.7 Å². The van der Waals surface area contributed by atoms with Crippen molar-refractivity contribution in [3.8, 4) is 0 Å². The maximum absolute atomic E-state index is 13.0. The van der Waals surface area contributed by atoms with Crippen molar-refractivity contribution in [2.75, 3.05) is 32.8 Å². The zero-order valence-corrected chi connectivity index (χ0v) is 17.6. The summed E-state index contributed by atoms with van der Waals surface area (Å²) in [6.45, 7) is 5.58. The number of carbonyl (C=O) groups excluding carboxylic acids is 1. The molecule has 2 aromatic rings. The van der Waals surface area contributed by atoms with Crippen LogP contribution in [0.3, 0.4) is 0 Å². The Kier molecular flexibility index (Phi) is 4.73. The van der Waals surface area contributed by atoms with E-state index in [1.54, 1.807) is 11.3 Å². The monoisotopic (exact) mass is 417 g/mol. The molecule has 3 aliphatic heterocycles. The summed E-state index contributed by atoms with van der Waals surface area (Å²) >= 11 is 1.57. The quantitative estimate of drug-likeness (QED) is 0.761. The molecule has 3 fully saturated rings. The number of morpholine rings is 1. The van der Waals surface area contributed by atoms with Gasteiger partial charge >= 0.3 is 0 Å². The molecule has 1 N–H and O–H groups in total. The van der Waals surface area contributed by atoms with E-state index < -0.39 is 5.60 Å². The Balaban J connectivity index is 1.33. The van der Waals surface area contributed by atoms with E-state index in [-0.39, 0.29) is 30.5 Å². The highest BCUT2D eigenvalue weighted by molar-refractivity contribution is 7.09. The number of amides is 1. The third-order valence-corrected chi connectivity index (χ3v) is 7.53. The van der Waals surface area contributed by atoms with Crippen LogP contribution in [0.5, 0.6) is 0 Å². The van der Waals surface area contributed by atoms with E-state index >= 15 is 0 Å². The molecule has 2 aromatic heterocycles. The van der Waals surface area contributed by atoms with Gasteiger partial charge in [-0.15, -0.1) is 11.3 Å². The van der Waals surface area contributed by atoms with Crippen molar-refractivity contribution < 1.29 is 14.6 Å². The number of aliphatic hydroxyl groups is 1. The SMILES string of the molecule is Cc1nc(CC(=O)N2C[C@H]3O[C@@]4(CN(Cc5nccn5C)C[C@@H]4[C@@H]3CO)C2)cs1. The molecule has 29 heavy (non-hydrogen) atoms. The number of aromatic nitrogens is 3. The van der Waals surface area contributed by atoms with Crippen molar-refractivity contribution in [3.05, 3.63) is 34.3 Å². The lowest BCUT2D eigenvalue weighted by atomic mass is 9.83. The standard InChI is InChI=1S/C20H27N5O3S/c1-13-22-14(10-29-13)5-19(27)25-7-17-15(9-26)16-6-24(11-20(16,12-25)28-17)8-18-21-3-4-23(18)2/h3-4,10,15-17,26H,5-9,11-12H2,1-2H3/t15-,16+,17+,20-/m0/s1. The summed E-state index contributed by atoms with van der Waals surface area (Å²) in [6, 6.07) is 0. The average molecular weight is 418 g/mol. The third kappa shape index (κ3) is 3.30. The average Bonchev–Trinajstić information content (AvgIpc) is 3.40. The molecule has 0 saturated carbocycles. The van der Waals surface area contributed by atoms with Crippen molar-refractivity contribution in [3.63, 3.8) is 0 Å². The Morgan fingerprint density at radius 1 is 1.41 bits per heavy atom. The number of ether oxygens (including phenoxy) is 1. The molecule has 3 aliphatic rings. The van der Waals surface area contributed by atoms with Crippen molar-refractivity contribution >= 4 is 17.2 Å². The van der Waals surface area contributed by atoms with Crippen LogP contribution in [0.15, 0.2) is 17.8 Å². The van der Waals surface area contributed by atoms with Crippen LogP contribution in [0.2, 0.25) is 0 Å². The fraction of sp³-hybridized carbons (Fsp3) is 0.650. The molecule has 4 atom stereocenters. The maximum Gasteiger partial charge on any atom is 0.228 e. The molecule has 0 unspecified atom stereocenters. The Bertz CT molecular complexity index is 914. The highest BCUT2D eigenvalue weighted by atomic mass is 32.1. The van der Waals surface area contributed by atoms with Gasteiger partial charge in [0.25, 0.3) is 0 Å². The van der Waals surface area contributed by atoms with E-state index in [4.69, 9.17) is 4.74 Å². The molecule has 1 amide bonds. The fourth-order valence-corrected chi connectivity index (χ4v) is 5.96. The number of aryl methyl sites for hydroxylation is 2. The molecule has 3 saturated heterocycles. The summed E-state index contributed by atoms with van der Waals surface area (Å²) in [5.74, 6) is 1.42. The number of thiazole rings is 1. The van der Waals surface area contributed by atoms with Gasteiger partial charge in [0.1, 0.15) is 11.4 Å². The number of hydrogen-bond acceptors (Lipinski definition) is 7. The molecule has 2 bridgehead atoms. The molecule has 156 valence electrons. The molecular formula is C20H27N5O3S. The first-order valence-electron chi connectivity index (χ1n) is 10.1. The summed E-state index contributed by atoms with van der Waals surface area (Å²) in [5.41, 5.74) is 0.446. The Labute approximate surface area is 174 Å². The van der Waals surface area contributed by atoms with Crippen LogP contribution in [0.4, 0.5) is 0 Å². The summed E-state index contributed by atoms with van der Waals surface area (Å²) in [6.07, 6.45) is 4.01. The minimum Gasteiger partial charge on any atom is -0.396 e. The van der Waals surface area contributed by atoms with Crippen LogP contribution in [-0.2, 0) is 29.5 Å². The first kappa shape index (κ1) is 19.2. The van der Waals surface area contributed by atoms with E-state index in [2.05, 4.69) is 14.9 Å². The number of hydrogen-bond donors (Lipinski definition) is 1. The Morgan fingerprint density at radius 2 is 2.28 bits per heavy atom. The number of nitrogens with zero attached hydrogens (tertiary/aromatic N) is 5. The fourth-order valence-electron chi connectivity index (χ4n) is 5.35. The number of likely N-dealkylation sites (tertiary alicyclic amines) is 2. The van der Waals surface area contributed by atoms with E-state index in [9.17, 15) is 9.90 Å². The summed E-state index contributed by atoms with van der Waals surface area (Å²) < 4.78 is 8.52. The Hall–Kier alpha value is -1.81. The van der Waals surface area contributed by atoms with Crippen LogP contribution < -0.4 is 0 Å². The van der Waals surface area contributed by atoms with Gasteiger partial charge in [0.15, 0.2) is 0 Å². The van der Waals surface area contributed by atoms with Gasteiger partial charge in [-0.3, -0.25) is 9.69 Å². The lowest BCUT2D eigenvalue weighted by Gasteiger charge is -2.40. The van der Waals surface area contributed by atoms with E-state index in [1.165, 1.54) is 0 Å². The third-order valence-electron chi connectivity index (χ3n) is 6.71. The number of rotatable bonds is 5. The van der Waals surface area contributed by atoms with Gasteiger partial charge in [0.05, 0.1) is 36.3 Å². The van der Waals surface area contributed by atoms with Crippen molar-refractivity contribution in [2.24, 2.45) is 18.9 Å². The minimum atomic E-state index is -0.394. The van der Waals surface area contributed by atoms with Crippen molar-refractivity contribution in [1.82, 2.24) is 24.3 Å². The Morgan fingerprint density at radius 3 is 2.97 bits per heavy atom. The molecule has 1 spiro atoms. The number of imidazole rings is 1. The van der Waals surface area contributed by atoms with E-state index in [1.807, 2.05) is 41.2 Å². The predicted molar refractivity (Wildman–Crippen MR) is 107 cm³/mol. The second-order valence-corrected chi connectivity index (χ2v) is 9.67. The van der Waals surface area contributed by atoms with E-state index in [0.29, 0.717) is 19.5 Å². The normalized spacial score (nSPS) is 31.4. The van der Waals surface area contributed by atoms with Gasteiger partial charge in [-0.05, 0) is 6.92 Å². The predicted octanol–water partition coefficient (Wildman–Crippen LogP) is 0.448. The molecule has 5 heterocycles. The minimum absolute atomic E-state index is 0.0701. The zero-order valence-electron chi connectivity index (χ0n) is 16.8. The van der Waals surface area contributed by atoms with Gasteiger partial charge in [-0.25, -0.2) is 9.97 Å². The summed E-state index contributed by atoms with van der Waals surface area (Å²) in [5, 5.41) is 13.0. The summed E-state index contributed by atoms with van der Waals surface area (Å²) in [7, 11) is 2.00. The number of carbonyl (C=O) groups is 1. The maximum atomic E-state index is 13.0. The molecule has 0 aromatic carbocycles. The molecule has 0 aliphatic carbocycles. The van der Waals surface area contributed by atoms with Gasteiger partial charge in [-0.1, -0.05) is 0 Å². The molecule has 8 nitrogen and oxygen atoms in total. The van der Waals surface area contributed by atoms with Crippen LogP contribution >= 0.6 is 11.3 Å². The highest BCUT2D eigenvalue weighted by Gasteiger charge is 2.62. The van der Waals surface area contributed by atoms with Gasteiger partial charge in [0, 0.05) is 62.9 Å². The highest BCUT2D eigenvalue weighted by Crippen LogP contribution is 2.49. The van der Waals surface area contributed by atoms with Crippen LogP contribution in [0.25, 0.3) is 0 Å². The molecule has 9 heteroatoms.